The summed E-state index contributed by atoms with van der Waals surface area (Å²) in [6, 6.07) is 13.8. The van der Waals surface area contributed by atoms with Crippen LogP contribution in [0, 0.1) is 5.82 Å². The second-order valence-corrected chi connectivity index (χ2v) is 5.79. The minimum absolute atomic E-state index is 0.115. The third-order valence-corrected chi connectivity index (χ3v) is 3.83. The molecule has 1 amide bonds. The van der Waals surface area contributed by atoms with Crippen LogP contribution >= 0.6 is 0 Å². The molecule has 0 heterocycles. The van der Waals surface area contributed by atoms with Crippen LogP contribution in [0.4, 0.5) is 10.1 Å². The largest absolute Gasteiger partial charge is 0.387 e. The van der Waals surface area contributed by atoms with Gasteiger partial charge < -0.3 is 10.4 Å². The molecule has 0 aliphatic heterocycles. The van der Waals surface area contributed by atoms with E-state index in [-0.39, 0.29) is 24.6 Å². The summed E-state index contributed by atoms with van der Waals surface area (Å²) in [7, 11) is 1.72. The number of aryl methyl sites for hydroxylation is 1. The Labute approximate surface area is 141 Å². The number of hydrogen-bond acceptors (Lipinski definition) is 3. The van der Waals surface area contributed by atoms with Crippen molar-refractivity contribution in [1.29, 1.82) is 0 Å². The van der Waals surface area contributed by atoms with Gasteiger partial charge in [-0.15, -0.1) is 0 Å². The molecule has 1 unspecified atom stereocenters. The second kappa shape index (κ2) is 8.57. The molecule has 2 aromatic rings. The molecule has 0 aliphatic rings. The lowest BCUT2D eigenvalue weighted by atomic mass is 10.1. The van der Waals surface area contributed by atoms with E-state index in [4.69, 9.17) is 0 Å². The van der Waals surface area contributed by atoms with Gasteiger partial charge in [0, 0.05) is 17.8 Å². The van der Waals surface area contributed by atoms with Crippen molar-refractivity contribution < 1.29 is 14.3 Å². The summed E-state index contributed by atoms with van der Waals surface area (Å²) >= 11 is 0. The number of benzene rings is 2. The molecule has 2 N–H and O–H groups in total. The molecule has 0 bridgehead atoms. The van der Waals surface area contributed by atoms with Gasteiger partial charge >= 0.3 is 0 Å². The third-order valence-electron chi connectivity index (χ3n) is 3.83. The maximum atomic E-state index is 13.7. The molecule has 24 heavy (non-hydrogen) atoms. The molecule has 0 spiro atoms. The predicted molar refractivity (Wildman–Crippen MR) is 93.3 cm³/mol. The first-order valence-electron chi connectivity index (χ1n) is 8.00. The SMILES string of the molecule is CCc1ccccc1NC(=O)CN(C)CC(O)c1ccccc1F. The Hall–Kier alpha value is -2.24. The van der Waals surface area contributed by atoms with Crippen LogP contribution in [-0.4, -0.2) is 36.1 Å². The number of halogens is 1. The highest BCUT2D eigenvalue weighted by Crippen LogP contribution is 2.18. The average molecular weight is 330 g/mol. The fourth-order valence-electron chi connectivity index (χ4n) is 2.59. The van der Waals surface area contributed by atoms with E-state index in [0.717, 1.165) is 17.7 Å². The van der Waals surface area contributed by atoms with E-state index in [1.807, 2.05) is 31.2 Å². The van der Waals surface area contributed by atoms with Crippen LogP contribution in [0.25, 0.3) is 0 Å². The molecule has 5 heteroatoms. The number of aliphatic hydroxyl groups is 1. The molecule has 128 valence electrons. The van der Waals surface area contributed by atoms with Crippen molar-refractivity contribution in [3.05, 3.63) is 65.5 Å². The molecule has 4 nitrogen and oxygen atoms in total. The zero-order valence-corrected chi connectivity index (χ0v) is 14.0. The van der Waals surface area contributed by atoms with Crippen molar-refractivity contribution in [2.75, 3.05) is 25.5 Å². The van der Waals surface area contributed by atoms with Crippen molar-refractivity contribution in [2.45, 2.75) is 19.4 Å². The maximum absolute atomic E-state index is 13.7. The number of carbonyl (C=O) groups is 1. The fraction of sp³-hybridized carbons (Fsp3) is 0.316. The smallest absolute Gasteiger partial charge is 0.238 e. The van der Waals surface area contributed by atoms with E-state index >= 15 is 0 Å². The van der Waals surface area contributed by atoms with Crippen LogP contribution < -0.4 is 5.32 Å². The Morgan fingerprint density at radius 3 is 2.58 bits per heavy atom. The first-order valence-corrected chi connectivity index (χ1v) is 8.00. The van der Waals surface area contributed by atoms with E-state index in [1.165, 1.54) is 6.07 Å². The lowest BCUT2D eigenvalue weighted by molar-refractivity contribution is -0.117. The van der Waals surface area contributed by atoms with Gasteiger partial charge in [0.25, 0.3) is 0 Å². The monoisotopic (exact) mass is 330 g/mol. The summed E-state index contributed by atoms with van der Waals surface area (Å²) in [5.74, 6) is -0.612. The number of anilines is 1. The van der Waals surface area contributed by atoms with Crippen molar-refractivity contribution in [1.82, 2.24) is 4.90 Å². The normalized spacial score (nSPS) is 12.2. The minimum atomic E-state index is -0.980. The summed E-state index contributed by atoms with van der Waals surface area (Å²) in [4.78, 5) is 13.8. The zero-order chi connectivity index (χ0) is 17.5. The van der Waals surface area contributed by atoms with Gasteiger partial charge in [0.15, 0.2) is 0 Å². The van der Waals surface area contributed by atoms with E-state index < -0.39 is 11.9 Å². The van der Waals surface area contributed by atoms with Gasteiger partial charge in [-0.1, -0.05) is 43.3 Å². The number of para-hydroxylation sites is 1. The summed E-state index contributed by atoms with van der Waals surface area (Å²) in [6.07, 6.45) is -0.148. The van der Waals surface area contributed by atoms with Gasteiger partial charge in [0.05, 0.1) is 12.6 Å². The van der Waals surface area contributed by atoms with Crippen molar-refractivity contribution >= 4 is 11.6 Å². The summed E-state index contributed by atoms with van der Waals surface area (Å²) in [6.45, 7) is 2.31. The number of aliphatic hydroxyl groups excluding tert-OH is 1. The van der Waals surface area contributed by atoms with Gasteiger partial charge in [0.2, 0.25) is 5.91 Å². The molecule has 0 aliphatic carbocycles. The van der Waals surface area contributed by atoms with Crippen LogP contribution in [0.3, 0.4) is 0 Å². The van der Waals surface area contributed by atoms with E-state index in [2.05, 4.69) is 5.32 Å². The molecule has 2 aromatic carbocycles. The molecule has 1 atom stereocenters. The molecule has 0 radical (unpaired) electrons. The molecule has 0 aromatic heterocycles. The highest BCUT2D eigenvalue weighted by atomic mass is 19.1. The van der Waals surface area contributed by atoms with Gasteiger partial charge in [-0.05, 0) is 31.2 Å². The highest BCUT2D eigenvalue weighted by molar-refractivity contribution is 5.92. The average Bonchev–Trinajstić information content (AvgIpc) is 2.55. The number of nitrogens with zero attached hydrogens (tertiary/aromatic N) is 1. The molecule has 0 saturated heterocycles. The topological polar surface area (TPSA) is 52.6 Å². The predicted octanol–water partition coefficient (Wildman–Crippen LogP) is 2.99. The summed E-state index contributed by atoms with van der Waals surface area (Å²) in [5.41, 5.74) is 2.11. The minimum Gasteiger partial charge on any atom is -0.387 e. The molecule has 0 fully saturated rings. The number of rotatable bonds is 7. The second-order valence-electron chi connectivity index (χ2n) is 5.79. The Kier molecular flexibility index (Phi) is 6.46. The Balaban J connectivity index is 1.91. The summed E-state index contributed by atoms with van der Waals surface area (Å²) < 4.78 is 13.7. The van der Waals surface area contributed by atoms with Crippen LogP contribution in [-0.2, 0) is 11.2 Å². The quantitative estimate of drug-likeness (QED) is 0.820. The zero-order valence-electron chi connectivity index (χ0n) is 14.0. The molecule has 0 saturated carbocycles. The highest BCUT2D eigenvalue weighted by Gasteiger charge is 2.16. The van der Waals surface area contributed by atoms with Crippen LogP contribution in [0.15, 0.2) is 48.5 Å². The number of nitrogens with one attached hydrogen (secondary N) is 1. The van der Waals surface area contributed by atoms with Crippen LogP contribution in [0.1, 0.15) is 24.2 Å². The Morgan fingerprint density at radius 1 is 1.21 bits per heavy atom. The molecule has 2 rings (SSSR count). The van der Waals surface area contributed by atoms with Gasteiger partial charge in [0.1, 0.15) is 5.82 Å². The number of likely N-dealkylation sites (N-methyl/N-ethyl adjacent to an activating group) is 1. The molecular weight excluding hydrogens is 307 g/mol. The summed E-state index contributed by atoms with van der Waals surface area (Å²) in [5, 5.41) is 13.0. The van der Waals surface area contributed by atoms with Gasteiger partial charge in [-0.2, -0.15) is 0 Å². The third kappa shape index (κ3) is 4.88. The van der Waals surface area contributed by atoms with Crippen molar-refractivity contribution in [2.24, 2.45) is 0 Å². The lowest BCUT2D eigenvalue weighted by Gasteiger charge is -2.21. The standard InChI is InChI=1S/C19H23FN2O2/c1-3-14-8-4-7-11-17(14)21-19(24)13-22(2)12-18(23)15-9-5-6-10-16(15)20/h4-11,18,23H,3,12-13H2,1-2H3,(H,21,24). The Bertz CT molecular complexity index is 691. The molecular formula is C19H23FN2O2. The van der Waals surface area contributed by atoms with Crippen molar-refractivity contribution in [3.8, 4) is 0 Å². The number of amides is 1. The van der Waals surface area contributed by atoms with Crippen LogP contribution in [0.5, 0.6) is 0 Å². The number of carbonyl (C=O) groups excluding carboxylic acids is 1. The van der Waals surface area contributed by atoms with Gasteiger partial charge in [-0.3, -0.25) is 9.69 Å². The van der Waals surface area contributed by atoms with E-state index in [0.29, 0.717) is 0 Å². The Morgan fingerprint density at radius 2 is 1.88 bits per heavy atom. The first kappa shape index (κ1) is 18.1. The van der Waals surface area contributed by atoms with Crippen molar-refractivity contribution in [3.63, 3.8) is 0 Å². The van der Waals surface area contributed by atoms with Gasteiger partial charge in [-0.25, -0.2) is 4.39 Å². The fourth-order valence-corrected chi connectivity index (χ4v) is 2.59. The lowest BCUT2D eigenvalue weighted by Crippen LogP contribution is -2.33. The first-order chi connectivity index (χ1) is 11.5. The van der Waals surface area contributed by atoms with Crippen LogP contribution in [0.2, 0.25) is 0 Å². The maximum Gasteiger partial charge on any atom is 0.238 e. The number of hydrogen-bond donors (Lipinski definition) is 2. The van der Waals surface area contributed by atoms with E-state index in [9.17, 15) is 14.3 Å². The van der Waals surface area contributed by atoms with E-state index in [1.54, 1.807) is 30.1 Å².